The van der Waals surface area contributed by atoms with Gasteiger partial charge in [0.15, 0.2) is 0 Å². The molecule has 128 valence electrons. The van der Waals surface area contributed by atoms with Crippen LogP contribution < -0.4 is 10.6 Å². The van der Waals surface area contributed by atoms with Gasteiger partial charge in [0.05, 0.1) is 11.6 Å². The topological polar surface area (TPSA) is 47.9 Å². The third-order valence-corrected chi connectivity index (χ3v) is 5.78. The molecule has 0 heterocycles. The zero-order chi connectivity index (χ0) is 17.1. The average Bonchev–Trinajstić information content (AvgIpc) is 3.41. The van der Waals surface area contributed by atoms with E-state index < -0.39 is 0 Å². The van der Waals surface area contributed by atoms with Crippen molar-refractivity contribution in [2.45, 2.75) is 49.7 Å². The zero-order valence-electron chi connectivity index (χ0n) is 14.5. The Balaban J connectivity index is 1.28. The summed E-state index contributed by atoms with van der Waals surface area (Å²) in [5, 5.41) is 16.5. The van der Waals surface area contributed by atoms with Crippen LogP contribution in [0.5, 0.6) is 0 Å². The van der Waals surface area contributed by atoms with E-state index in [-0.39, 0.29) is 5.54 Å². The van der Waals surface area contributed by atoms with Crippen molar-refractivity contribution in [2.24, 2.45) is 0 Å². The molecule has 4 rings (SSSR count). The maximum atomic E-state index is 8.89. The van der Waals surface area contributed by atoms with E-state index in [2.05, 4.69) is 59.2 Å². The van der Waals surface area contributed by atoms with Crippen molar-refractivity contribution in [1.29, 1.82) is 5.26 Å². The smallest absolute Gasteiger partial charge is 0.0991 e. The summed E-state index contributed by atoms with van der Waals surface area (Å²) < 4.78 is 0. The van der Waals surface area contributed by atoms with Crippen LogP contribution in [0.1, 0.15) is 48.3 Å². The van der Waals surface area contributed by atoms with Gasteiger partial charge in [0.2, 0.25) is 0 Å². The average molecular weight is 331 g/mol. The Bertz CT molecular complexity index is 741. The van der Waals surface area contributed by atoms with Crippen molar-refractivity contribution in [2.75, 3.05) is 6.54 Å². The summed E-state index contributed by atoms with van der Waals surface area (Å²) >= 11 is 0. The predicted octanol–water partition coefficient (Wildman–Crippen LogP) is 3.72. The molecule has 0 amide bonds. The molecule has 2 saturated carbocycles. The van der Waals surface area contributed by atoms with Crippen LogP contribution >= 0.6 is 0 Å². The summed E-state index contributed by atoms with van der Waals surface area (Å²) in [6.07, 6.45) is 5.07. The Morgan fingerprint density at radius 1 is 1.04 bits per heavy atom. The van der Waals surface area contributed by atoms with Crippen LogP contribution in [-0.4, -0.2) is 18.1 Å². The molecule has 25 heavy (non-hydrogen) atoms. The molecule has 0 saturated heterocycles. The van der Waals surface area contributed by atoms with Crippen LogP contribution in [0.15, 0.2) is 54.6 Å². The highest BCUT2D eigenvalue weighted by Gasteiger charge is 2.42. The fourth-order valence-electron chi connectivity index (χ4n) is 3.82. The lowest BCUT2D eigenvalue weighted by Crippen LogP contribution is -2.57. The number of nitrogens with one attached hydrogen (secondary N) is 2. The highest BCUT2D eigenvalue weighted by Crippen LogP contribution is 2.41. The summed E-state index contributed by atoms with van der Waals surface area (Å²) in [7, 11) is 0. The fraction of sp³-hybridized carbons (Fsp3) is 0.409. The standard InChI is InChI=1S/C22H25N3/c23-14-17-7-9-18(10-8-17)15-25-22(11-4-12-22)16-24-21-13-20(21)19-5-2-1-3-6-19/h1-3,5-10,20-21,24-25H,4,11-13,15-16H2/t20?,21-/m0/s1. The van der Waals surface area contributed by atoms with Crippen molar-refractivity contribution >= 4 is 0 Å². The fourth-order valence-corrected chi connectivity index (χ4v) is 3.82. The molecule has 2 aliphatic rings. The first kappa shape index (κ1) is 16.3. The van der Waals surface area contributed by atoms with Gasteiger partial charge in [-0.15, -0.1) is 0 Å². The molecule has 0 spiro atoms. The van der Waals surface area contributed by atoms with Crippen LogP contribution in [0.4, 0.5) is 0 Å². The third-order valence-electron chi connectivity index (χ3n) is 5.78. The van der Waals surface area contributed by atoms with Crippen molar-refractivity contribution in [1.82, 2.24) is 10.6 Å². The SMILES string of the molecule is N#Cc1ccc(CNC2(CN[C@H]3CC3c3ccccc3)CCC2)cc1. The minimum atomic E-state index is 0.248. The maximum absolute atomic E-state index is 8.89. The molecule has 3 heteroatoms. The quantitative estimate of drug-likeness (QED) is 0.813. The molecule has 1 unspecified atom stereocenters. The van der Waals surface area contributed by atoms with Crippen LogP contribution in [0.2, 0.25) is 0 Å². The normalized spacial score (nSPS) is 23.5. The predicted molar refractivity (Wildman–Crippen MR) is 100 cm³/mol. The van der Waals surface area contributed by atoms with Crippen molar-refractivity contribution in [3.63, 3.8) is 0 Å². The van der Waals surface area contributed by atoms with E-state index in [0.29, 0.717) is 12.0 Å². The third kappa shape index (κ3) is 3.76. The molecule has 2 fully saturated rings. The number of nitrogens with zero attached hydrogens (tertiary/aromatic N) is 1. The van der Waals surface area contributed by atoms with Gasteiger partial charge in [0.25, 0.3) is 0 Å². The lowest BCUT2D eigenvalue weighted by molar-refractivity contribution is 0.176. The van der Waals surface area contributed by atoms with Crippen molar-refractivity contribution in [3.05, 3.63) is 71.3 Å². The van der Waals surface area contributed by atoms with E-state index in [9.17, 15) is 0 Å². The summed E-state index contributed by atoms with van der Waals surface area (Å²) in [6.45, 7) is 1.93. The second-order valence-corrected chi connectivity index (χ2v) is 7.54. The Morgan fingerprint density at radius 2 is 1.80 bits per heavy atom. The molecule has 2 atom stereocenters. The maximum Gasteiger partial charge on any atom is 0.0991 e. The Labute approximate surface area is 150 Å². The highest BCUT2D eigenvalue weighted by molar-refractivity contribution is 5.31. The van der Waals surface area contributed by atoms with Crippen LogP contribution in [0.25, 0.3) is 0 Å². The number of rotatable bonds is 7. The van der Waals surface area contributed by atoms with Gasteiger partial charge in [0.1, 0.15) is 0 Å². The summed E-state index contributed by atoms with van der Waals surface area (Å²) in [6, 6.07) is 21.6. The van der Waals surface area contributed by atoms with Gasteiger partial charge in [-0.05, 0) is 48.9 Å². The Kier molecular flexibility index (Phi) is 4.57. The lowest BCUT2D eigenvalue weighted by Gasteiger charge is -2.43. The zero-order valence-corrected chi connectivity index (χ0v) is 14.5. The number of nitriles is 1. The Hall–Kier alpha value is -2.15. The molecular weight excluding hydrogens is 306 g/mol. The van der Waals surface area contributed by atoms with E-state index >= 15 is 0 Å². The van der Waals surface area contributed by atoms with E-state index in [1.165, 1.54) is 36.8 Å². The van der Waals surface area contributed by atoms with Gasteiger partial charge in [-0.3, -0.25) is 0 Å². The van der Waals surface area contributed by atoms with Crippen molar-refractivity contribution < 1.29 is 0 Å². The molecule has 3 nitrogen and oxygen atoms in total. The van der Waals surface area contributed by atoms with Gasteiger partial charge in [0, 0.05) is 30.6 Å². The highest BCUT2D eigenvalue weighted by atomic mass is 15.1. The second kappa shape index (κ2) is 7.00. The monoisotopic (exact) mass is 331 g/mol. The molecule has 0 bridgehead atoms. The largest absolute Gasteiger partial charge is 0.312 e. The summed E-state index contributed by atoms with van der Waals surface area (Å²) in [5.74, 6) is 0.692. The summed E-state index contributed by atoms with van der Waals surface area (Å²) in [5.41, 5.74) is 3.69. The number of hydrogen-bond acceptors (Lipinski definition) is 3. The van der Waals surface area contributed by atoms with Crippen molar-refractivity contribution in [3.8, 4) is 6.07 Å². The first-order valence-corrected chi connectivity index (χ1v) is 9.30. The van der Waals surface area contributed by atoms with E-state index in [1.54, 1.807) is 0 Å². The molecule has 0 radical (unpaired) electrons. The van der Waals surface area contributed by atoms with Crippen LogP contribution in [0.3, 0.4) is 0 Å². The molecular formula is C22H25N3. The minimum Gasteiger partial charge on any atom is -0.312 e. The molecule has 2 aromatic carbocycles. The van der Waals surface area contributed by atoms with Gasteiger partial charge in [-0.1, -0.05) is 42.5 Å². The van der Waals surface area contributed by atoms with Gasteiger partial charge >= 0.3 is 0 Å². The van der Waals surface area contributed by atoms with E-state index in [0.717, 1.165) is 18.7 Å². The lowest BCUT2D eigenvalue weighted by atomic mass is 9.76. The first-order valence-electron chi connectivity index (χ1n) is 9.30. The van der Waals surface area contributed by atoms with Gasteiger partial charge in [-0.2, -0.15) is 5.26 Å². The molecule has 0 aliphatic heterocycles. The first-order chi connectivity index (χ1) is 12.3. The van der Waals surface area contributed by atoms with E-state index in [1.807, 2.05) is 12.1 Å². The minimum absolute atomic E-state index is 0.248. The molecule has 2 aromatic rings. The number of hydrogen-bond donors (Lipinski definition) is 2. The number of benzene rings is 2. The second-order valence-electron chi connectivity index (χ2n) is 7.54. The van der Waals surface area contributed by atoms with Crippen LogP contribution in [-0.2, 0) is 6.54 Å². The molecule has 2 aliphatic carbocycles. The van der Waals surface area contributed by atoms with Gasteiger partial charge < -0.3 is 10.6 Å². The molecule has 2 N–H and O–H groups in total. The van der Waals surface area contributed by atoms with Gasteiger partial charge in [-0.25, -0.2) is 0 Å². The van der Waals surface area contributed by atoms with Crippen LogP contribution in [0, 0.1) is 11.3 Å². The Morgan fingerprint density at radius 3 is 2.44 bits per heavy atom. The summed E-state index contributed by atoms with van der Waals surface area (Å²) in [4.78, 5) is 0. The molecule has 0 aromatic heterocycles. The van der Waals surface area contributed by atoms with E-state index in [4.69, 9.17) is 5.26 Å².